The standard InChI is InChI=1S/C17H37NO5Si2/c1-15(2,3)21-14(20)18-10-9-12(17(18,6)11-19)16(4,5)13(22-24-7)23-25-8/h12-13,19H,9-11,24-25H2,1-8H3/t12-,17+/m1/s1. The van der Waals surface area contributed by atoms with Crippen LogP contribution in [0, 0.1) is 11.3 Å². The second-order valence-corrected chi connectivity index (χ2v) is 10.4. The molecular formula is C17H37NO5Si2. The molecule has 2 atom stereocenters. The Labute approximate surface area is 157 Å². The number of nitrogens with zero attached hydrogens (tertiary/aromatic N) is 1. The Morgan fingerprint density at radius 2 is 1.76 bits per heavy atom. The largest absolute Gasteiger partial charge is 0.444 e. The zero-order valence-corrected chi connectivity index (χ0v) is 20.0. The van der Waals surface area contributed by atoms with Gasteiger partial charge < -0.3 is 23.6 Å². The predicted molar refractivity (Wildman–Crippen MR) is 105 cm³/mol. The first kappa shape index (κ1) is 22.6. The molecule has 0 bridgehead atoms. The highest BCUT2D eigenvalue weighted by atomic mass is 28.2. The van der Waals surface area contributed by atoms with Crippen LogP contribution in [0.15, 0.2) is 0 Å². The molecule has 0 aromatic carbocycles. The van der Waals surface area contributed by atoms with E-state index in [-0.39, 0.29) is 30.3 Å². The summed E-state index contributed by atoms with van der Waals surface area (Å²) in [6, 6.07) is 0. The Hall–Kier alpha value is -0.416. The van der Waals surface area contributed by atoms with E-state index in [0.717, 1.165) is 6.42 Å². The molecule has 148 valence electrons. The van der Waals surface area contributed by atoms with Gasteiger partial charge in [-0.05, 0) is 40.0 Å². The van der Waals surface area contributed by atoms with Crippen molar-refractivity contribution in [3.63, 3.8) is 0 Å². The minimum absolute atomic E-state index is 0.0589. The highest BCUT2D eigenvalue weighted by Gasteiger charge is 2.56. The van der Waals surface area contributed by atoms with Crippen molar-refractivity contribution >= 4 is 25.6 Å². The molecule has 0 radical (unpaired) electrons. The third kappa shape index (κ3) is 5.06. The van der Waals surface area contributed by atoms with E-state index in [1.807, 2.05) is 27.7 Å². The lowest BCUT2D eigenvalue weighted by Crippen LogP contribution is -2.57. The topological polar surface area (TPSA) is 68.2 Å². The lowest BCUT2D eigenvalue weighted by molar-refractivity contribution is -0.126. The lowest BCUT2D eigenvalue weighted by Gasteiger charge is -2.47. The molecule has 0 spiro atoms. The Balaban J connectivity index is 3.10. The maximum Gasteiger partial charge on any atom is 0.410 e. The van der Waals surface area contributed by atoms with Crippen LogP contribution >= 0.6 is 0 Å². The minimum atomic E-state index is -0.693. The van der Waals surface area contributed by atoms with E-state index in [1.54, 1.807) is 4.90 Å². The van der Waals surface area contributed by atoms with E-state index < -0.39 is 30.7 Å². The summed E-state index contributed by atoms with van der Waals surface area (Å²) in [6.45, 7) is 16.4. The zero-order valence-electron chi connectivity index (χ0n) is 17.2. The van der Waals surface area contributed by atoms with E-state index in [2.05, 4.69) is 26.9 Å². The van der Waals surface area contributed by atoms with Gasteiger partial charge in [-0.2, -0.15) is 0 Å². The van der Waals surface area contributed by atoms with Gasteiger partial charge in [0, 0.05) is 12.0 Å². The van der Waals surface area contributed by atoms with Gasteiger partial charge in [0.25, 0.3) is 0 Å². The fourth-order valence-electron chi connectivity index (χ4n) is 3.94. The van der Waals surface area contributed by atoms with Gasteiger partial charge >= 0.3 is 6.09 Å². The third-order valence-electron chi connectivity index (χ3n) is 5.08. The number of ether oxygens (including phenoxy) is 1. The number of hydrogen-bond donors (Lipinski definition) is 1. The van der Waals surface area contributed by atoms with E-state index in [4.69, 9.17) is 13.6 Å². The Bertz CT molecular complexity index is 449. The first-order chi connectivity index (χ1) is 11.4. The lowest BCUT2D eigenvalue weighted by atomic mass is 9.68. The molecule has 1 fully saturated rings. The van der Waals surface area contributed by atoms with Gasteiger partial charge in [0.15, 0.2) is 19.5 Å². The molecule has 1 rings (SSSR count). The number of aliphatic hydroxyl groups excluding tert-OH is 1. The van der Waals surface area contributed by atoms with Crippen LogP contribution in [0.3, 0.4) is 0 Å². The van der Waals surface area contributed by atoms with Gasteiger partial charge in [0.2, 0.25) is 0 Å². The maximum absolute atomic E-state index is 12.7. The molecule has 0 aromatic rings. The van der Waals surface area contributed by atoms with Crippen LogP contribution in [0.25, 0.3) is 0 Å². The predicted octanol–water partition coefficient (Wildman–Crippen LogP) is 1.64. The number of hydrogen-bond acceptors (Lipinski definition) is 5. The van der Waals surface area contributed by atoms with E-state index >= 15 is 0 Å². The summed E-state index contributed by atoms with van der Waals surface area (Å²) < 4.78 is 17.6. The average Bonchev–Trinajstić information content (AvgIpc) is 2.84. The fourth-order valence-corrected chi connectivity index (χ4v) is 5.79. The van der Waals surface area contributed by atoms with Crippen molar-refractivity contribution in [1.29, 1.82) is 0 Å². The van der Waals surface area contributed by atoms with Crippen molar-refractivity contribution in [3.05, 3.63) is 0 Å². The van der Waals surface area contributed by atoms with Gasteiger partial charge in [-0.25, -0.2) is 4.79 Å². The summed E-state index contributed by atoms with van der Waals surface area (Å²) in [5, 5.41) is 10.2. The summed E-state index contributed by atoms with van der Waals surface area (Å²) in [4.78, 5) is 14.4. The summed E-state index contributed by atoms with van der Waals surface area (Å²) in [5.74, 6) is 0.0589. The second-order valence-electron chi connectivity index (χ2n) is 8.55. The highest BCUT2D eigenvalue weighted by Crippen LogP contribution is 2.48. The summed E-state index contributed by atoms with van der Waals surface area (Å²) in [5.41, 5.74) is -1.56. The molecule has 0 saturated carbocycles. The van der Waals surface area contributed by atoms with Crippen LogP contribution in [0.4, 0.5) is 4.79 Å². The molecule has 1 heterocycles. The van der Waals surface area contributed by atoms with Crippen LogP contribution in [0.2, 0.25) is 13.1 Å². The summed E-state index contributed by atoms with van der Waals surface area (Å²) in [7, 11) is -1.25. The molecular weight excluding hydrogens is 354 g/mol. The second kappa shape index (κ2) is 8.52. The molecule has 0 unspecified atom stereocenters. The first-order valence-corrected chi connectivity index (χ1v) is 13.3. The van der Waals surface area contributed by atoms with E-state index in [9.17, 15) is 9.90 Å². The summed E-state index contributed by atoms with van der Waals surface area (Å²) >= 11 is 0. The van der Waals surface area contributed by atoms with Crippen LogP contribution in [-0.2, 0) is 13.6 Å². The normalized spacial score (nSPS) is 26.9. The SMILES string of the molecule is C[SiH2]OC(O[SiH2]C)C(C)(C)[C@H]1CCN(C(=O)OC(C)(C)C)[C@@]1(C)CO. The fraction of sp³-hybridized carbons (Fsp3) is 0.941. The summed E-state index contributed by atoms with van der Waals surface area (Å²) in [6.07, 6.45) is 0.161. The van der Waals surface area contributed by atoms with Crippen LogP contribution in [0.5, 0.6) is 0 Å². The third-order valence-corrected chi connectivity index (χ3v) is 6.36. The van der Waals surface area contributed by atoms with E-state index in [1.165, 1.54) is 0 Å². The number of rotatable bonds is 7. The zero-order chi connectivity index (χ0) is 19.5. The van der Waals surface area contributed by atoms with Crippen LogP contribution < -0.4 is 0 Å². The number of carbonyl (C=O) groups is 1. The van der Waals surface area contributed by atoms with Gasteiger partial charge in [-0.3, -0.25) is 0 Å². The van der Waals surface area contributed by atoms with Crippen molar-refractivity contribution in [1.82, 2.24) is 4.90 Å². The van der Waals surface area contributed by atoms with Gasteiger partial charge in [0.05, 0.1) is 12.1 Å². The monoisotopic (exact) mass is 391 g/mol. The van der Waals surface area contributed by atoms with Crippen molar-refractivity contribution in [2.24, 2.45) is 11.3 Å². The van der Waals surface area contributed by atoms with Crippen molar-refractivity contribution < 1.29 is 23.5 Å². The van der Waals surface area contributed by atoms with Gasteiger partial charge in [-0.1, -0.05) is 26.9 Å². The minimum Gasteiger partial charge on any atom is -0.444 e. The van der Waals surface area contributed by atoms with Crippen molar-refractivity contribution in [3.8, 4) is 0 Å². The number of aliphatic hydroxyl groups is 1. The van der Waals surface area contributed by atoms with Gasteiger partial charge in [-0.15, -0.1) is 0 Å². The molecule has 0 aromatic heterocycles. The van der Waals surface area contributed by atoms with Crippen LogP contribution in [0.1, 0.15) is 48.0 Å². The molecule has 1 amide bonds. The number of likely N-dealkylation sites (tertiary alicyclic amines) is 1. The van der Waals surface area contributed by atoms with Gasteiger partial charge in [0.1, 0.15) is 11.9 Å². The van der Waals surface area contributed by atoms with Crippen molar-refractivity contribution in [2.75, 3.05) is 13.2 Å². The van der Waals surface area contributed by atoms with Crippen LogP contribution in [-0.4, -0.2) is 66.2 Å². The van der Waals surface area contributed by atoms with E-state index in [0.29, 0.717) is 6.54 Å². The average molecular weight is 392 g/mol. The Morgan fingerprint density at radius 3 is 2.16 bits per heavy atom. The Kier molecular flexibility index (Phi) is 7.71. The highest BCUT2D eigenvalue weighted by molar-refractivity contribution is 6.26. The molecule has 6 nitrogen and oxygen atoms in total. The molecule has 1 aliphatic heterocycles. The molecule has 1 aliphatic rings. The van der Waals surface area contributed by atoms with Crippen molar-refractivity contribution in [2.45, 2.75) is 78.5 Å². The smallest absolute Gasteiger partial charge is 0.410 e. The quantitative estimate of drug-likeness (QED) is 0.528. The maximum atomic E-state index is 12.7. The Morgan fingerprint density at radius 1 is 1.24 bits per heavy atom. The molecule has 1 saturated heterocycles. The molecule has 25 heavy (non-hydrogen) atoms. The molecule has 8 heteroatoms. The number of amides is 1. The number of carbonyl (C=O) groups excluding carboxylic acids is 1. The first-order valence-electron chi connectivity index (χ1n) is 9.28. The molecule has 1 N–H and O–H groups in total. The molecule has 0 aliphatic carbocycles.